The van der Waals surface area contributed by atoms with Crippen LogP contribution in [0.4, 0.5) is 0 Å². The van der Waals surface area contributed by atoms with Crippen molar-refractivity contribution in [2.75, 3.05) is 20.3 Å². The number of carbonyl (C=O) groups excluding carboxylic acids is 1. The zero-order valence-electron chi connectivity index (χ0n) is 8.70. The Morgan fingerprint density at radius 2 is 2.14 bits per heavy atom. The molecule has 2 N–H and O–H groups in total. The van der Waals surface area contributed by atoms with Crippen LogP contribution in [0.15, 0.2) is 0 Å². The van der Waals surface area contributed by atoms with Gasteiger partial charge in [0.2, 0.25) is 0 Å². The van der Waals surface area contributed by atoms with Crippen LogP contribution in [-0.2, 0) is 14.3 Å². The van der Waals surface area contributed by atoms with Gasteiger partial charge in [0.05, 0.1) is 6.61 Å². The van der Waals surface area contributed by atoms with Gasteiger partial charge in [-0.1, -0.05) is 12.8 Å². The molecule has 1 aliphatic rings. The first-order valence-electron chi connectivity index (χ1n) is 5.17. The van der Waals surface area contributed by atoms with Crippen molar-refractivity contribution in [3.8, 4) is 0 Å². The summed E-state index contributed by atoms with van der Waals surface area (Å²) >= 11 is 0. The third-order valence-electron chi connectivity index (χ3n) is 2.70. The van der Waals surface area contributed by atoms with Crippen LogP contribution < -0.4 is 5.73 Å². The van der Waals surface area contributed by atoms with E-state index in [0.717, 1.165) is 0 Å². The number of methoxy groups -OCH3 is 1. The molecule has 14 heavy (non-hydrogen) atoms. The van der Waals surface area contributed by atoms with Crippen molar-refractivity contribution in [3.63, 3.8) is 0 Å². The van der Waals surface area contributed by atoms with Gasteiger partial charge in [-0.15, -0.1) is 0 Å². The molecular weight excluding hydrogens is 182 g/mol. The van der Waals surface area contributed by atoms with Crippen LogP contribution in [0, 0.1) is 5.92 Å². The molecule has 0 radical (unpaired) electrons. The fourth-order valence-corrected chi connectivity index (χ4v) is 1.76. The highest BCUT2D eigenvalue weighted by atomic mass is 16.6. The maximum Gasteiger partial charge on any atom is 0.336 e. The predicted molar refractivity (Wildman–Crippen MR) is 52.8 cm³/mol. The van der Waals surface area contributed by atoms with E-state index in [1.807, 2.05) is 0 Å². The van der Waals surface area contributed by atoms with E-state index in [4.69, 9.17) is 15.2 Å². The summed E-state index contributed by atoms with van der Waals surface area (Å²) in [4.78, 5) is 11.3. The second kappa shape index (κ2) is 5.98. The first-order chi connectivity index (χ1) is 6.77. The van der Waals surface area contributed by atoms with Gasteiger partial charge in [-0.05, 0) is 18.8 Å². The number of carbonyl (C=O) groups is 1. The molecule has 4 nitrogen and oxygen atoms in total. The summed E-state index contributed by atoms with van der Waals surface area (Å²) in [6.45, 7) is 0.707. The Morgan fingerprint density at radius 1 is 1.50 bits per heavy atom. The molecule has 0 amide bonds. The van der Waals surface area contributed by atoms with Gasteiger partial charge in [0, 0.05) is 13.7 Å². The normalized spacial score (nSPS) is 19.6. The Labute approximate surface area is 84.7 Å². The van der Waals surface area contributed by atoms with E-state index in [9.17, 15) is 4.79 Å². The van der Waals surface area contributed by atoms with Crippen LogP contribution in [0.1, 0.15) is 25.7 Å². The molecule has 0 aromatic rings. The highest BCUT2D eigenvalue weighted by Crippen LogP contribution is 2.24. The minimum Gasteiger partial charge on any atom is -0.463 e. The third kappa shape index (κ3) is 3.27. The summed E-state index contributed by atoms with van der Waals surface area (Å²) in [6, 6.07) is 0. The van der Waals surface area contributed by atoms with Crippen molar-refractivity contribution in [2.45, 2.75) is 31.8 Å². The Bertz CT molecular complexity index is 174. The molecule has 0 bridgehead atoms. The van der Waals surface area contributed by atoms with Crippen LogP contribution >= 0.6 is 0 Å². The molecule has 1 aliphatic carbocycles. The Balaban J connectivity index is 2.18. The molecule has 0 saturated heterocycles. The maximum absolute atomic E-state index is 11.3. The molecule has 1 rings (SSSR count). The first kappa shape index (κ1) is 11.5. The average Bonchev–Trinajstić information content (AvgIpc) is 2.69. The Morgan fingerprint density at radius 3 is 2.64 bits per heavy atom. The van der Waals surface area contributed by atoms with Gasteiger partial charge in [0.15, 0.2) is 6.10 Å². The number of nitrogens with two attached hydrogens (primary N) is 1. The van der Waals surface area contributed by atoms with Crippen molar-refractivity contribution in [2.24, 2.45) is 11.7 Å². The lowest BCUT2D eigenvalue weighted by molar-refractivity contribution is -0.156. The van der Waals surface area contributed by atoms with Gasteiger partial charge in [0.1, 0.15) is 0 Å². The summed E-state index contributed by atoms with van der Waals surface area (Å²) in [7, 11) is 1.47. The summed E-state index contributed by atoms with van der Waals surface area (Å²) in [5.74, 6) is 0.219. The van der Waals surface area contributed by atoms with Gasteiger partial charge < -0.3 is 15.2 Å². The SMILES string of the molecule is COC(CN)C(=O)OCC1CCCC1. The largest absolute Gasteiger partial charge is 0.463 e. The van der Waals surface area contributed by atoms with Gasteiger partial charge in [0.25, 0.3) is 0 Å². The van der Waals surface area contributed by atoms with Crippen LogP contribution in [0.2, 0.25) is 0 Å². The van der Waals surface area contributed by atoms with E-state index in [0.29, 0.717) is 12.5 Å². The second-order valence-electron chi connectivity index (χ2n) is 3.74. The molecule has 0 heterocycles. The van der Waals surface area contributed by atoms with E-state index >= 15 is 0 Å². The maximum atomic E-state index is 11.3. The zero-order valence-corrected chi connectivity index (χ0v) is 8.70. The fourth-order valence-electron chi connectivity index (χ4n) is 1.76. The zero-order chi connectivity index (χ0) is 10.4. The first-order valence-corrected chi connectivity index (χ1v) is 5.17. The highest BCUT2D eigenvalue weighted by Gasteiger charge is 2.21. The molecule has 1 unspecified atom stereocenters. The minimum absolute atomic E-state index is 0.181. The molecule has 4 heteroatoms. The number of rotatable bonds is 5. The predicted octanol–water partition coefficient (Wildman–Crippen LogP) is 0.693. The third-order valence-corrected chi connectivity index (χ3v) is 2.70. The summed E-state index contributed by atoms with van der Waals surface area (Å²) in [5, 5.41) is 0. The van der Waals surface area contributed by atoms with Gasteiger partial charge in [-0.2, -0.15) is 0 Å². The highest BCUT2D eigenvalue weighted by molar-refractivity contribution is 5.74. The van der Waals surface area contributed by atoms with E-state index in [2.05, 4.69) is 0 Å². The lowest BCUT2D eigenvalue weighted by Crippen LogP contribution is -2.33. The second-order valence-corrected chi connectivity index (χ2v) is 3.74. The molecule has 1 saturated carbocycles. The molecule has 1 atom stereocenters. The van der Waals surface area contributed by atoms with Crippen molar-refractivity contribution in [1.82, 2.24) is 0 Å². The van der Waals surface area contributed by atoms with E-state index < -0.39 is 6.10 Å². The fraction of sp³-hybridized carbons (Fsp3) is 0.900. The molecule has 1 fully saturated rings. The monoisotopic (exact) mass is 201 g/mol. The average molecular weight is 201 g/mol. The van der Waals surface area contributed by atoms with Gasteiger partial charge in [-0.3, -0.25) is 0 Å². The van der Waals surface area contributed by atoms with E-state index in [1.54, 1.807) is 0 Å². The molecule has 0 spiro atoms. The summed E-state index contributed by atoms with van der Waals surface area (Å²) in [6.07, 6.45) is 4.26. The molecule has 0 aliphatic heterocycles. The standard InChI is InChI=1S/C10H19NO3/c1-13-9(6-11)10(12)14-7-8-4-2-3-5-8/h8-9H,2-7,11H2,1H3. The topological polar surface area (TPSA) is 61.5 Å². The number of ether oxygens (including phenoxy) is 2. The lowest BCUT2D eigenvalue weighted by atomic mass is 10.1. The Hall–Kier alpha value is -0.610. The van der Waals surface area contributed by atoms with Crippen molar-refractivity contribution < 1.29 is 14.3 Å². The number of hydrogen-bond acceptors (Lipinski definition) is 4. The summed E-state index contributed by atoms with van der Waals surface area (Å²) in [5.41, 5.74) is 5.34. The van der Waals surface area contributed by atoms with E-state index in [1.165, 1.54) is 32.8 Å². The summed E-state index contributed by atoms with van der Waals surface area (Å²) < 4.78 is 10.0. The molecule has 82 valence electrons. The van der Waals surface area contributed by atoms with Gasteiger partial charge >= 0.3 is 5.97 Å². The van der Waals surface area contributed by atoms with Crippen molar-refractivity contribution in [1.29, 1.82) is 0 Å². The van der Waals surface area contributed by atoms with Gasteiger partial charge in [-0.25, -0.2) is 4.79 Å². The molecule has 0 aromatic heterocycles. The van der Waals surface area contributed by atoms with Crippen molar-refractivity contribution >= 4 is 5.97 Å². The van der Waals surface area contributed by atoms with Crippen LogP contribution in [0.3, 0.4) is 0 Å². The number of esters is 1. The minimum atomic E-state index is -0.601. The smallest absolute Gasteiger partial charge is 0.336 e. The lowest BCUT2D eigenvalue weighted by Gasteiger charge is -2.14. The van der Waals surface area contributed by atoms with Crippen LogP contribution in [-0.4, -0.2) is 32.3 Å². The molecular formula is C10H19NO3. The van der Waals surface area contributed by atoms with Crippen LogP contribution in [0.25, 0.3) is 0 Å². The quantitative estimate of drug-likeness (QED) is 0.665. The van der Waals surface area contributed by atoms with E-state index in [-0.39, 0.29) is 12.5 Å². The van der Waals surface area contributed by atoms with Crippen LogP contribution in [0.5, 0.6) is 0 Å². The number of hydrogen-bond donors (Lipinski definition) is 1. The Kier molecular flexibility index (Phi) is 4.90. The van der Waals surface area contributed by atoms with Crippen molar-refractivity contribution in [3.05, 3.63) is 0 Å². The molecule has 0 aromatic carbocycles.